The van der Waals surface area contributed by atoms with Crippen molar-refractivity contribution in [3.05, 3.63) is 32.4 Å². The van der Waals surface area contributed by atoms with Gasteiger partial charge in [0.15, 0.2) is 0 Å². The number of fused-ring (bicyclic) bond motifs is 1. The largest absolute Gasteiger partial charge is 0.459 e. The van der Waals surface area contributed by atoms with Crippen molar-refractivity contribution in [2.24, 2.45) is 5.92 Å². The van der Waals surface area contributed by atoms with E-state index < -0.39 is 0 Å². The minimum Gasteiger partial charge on any atom is -0.459 e. The van der Waals surface area contributed by atoms with Gasteiger partial charge < -0.3 is 10.1 Å². The molecule has 1 aliphatic carbocycles. The van der Waals surface area contributed by atoms with Crippen LogP contribution >= 0.6 is 22.9 Å². The molecule has 0 saturated carbocycles. The lowest BCUT2D eigenvalue weighted by Gasteiger charge is -2.15. The predicted octanol–water partition coefficient (Wildman–Crippen LogP) is 4.93. The first-order chi connectivity index (χ1) is 13.7. The number of thiophene rings is 1. The second-order valence-corrected chi connectivity index (χ2v) is 9.41. The number of hydrogen-bond donors (Lipinski definition) is 1. The van der Waals surface area contributed by atoms with Gasteiger partial charge in [0.1, 0.15) is 5.00 Å². The van der Waals surface area contributed by atoms with Crippen LogP contribution in [0.2, 0.25) is 5.02 Å². The van der Waals surface area contributed by atoms with Gasteiger partial charge in [-0.05, 0) is 58.9 Å². The average molecular weight is 438 g/mol. The van der Waals surface area contributed by atoms with Gasteiger partial charge in [-0.15, -0.1) is 11.3 Å². The Balaban J connectivity index is 1.81. The molecule has 1 aliphatic rings. The number of anilines is 1. The van der Waals surface area contributed by atoms with Crippen LogP contribution in [0.4, 0.5) is 5.00 Å². The van der Waals surface area contributed by atoms with Crippen molar-refractivity contribution in [3.63, 3.8) is 0 Å². The fourth-order valence-electron chi connectivity index (χ4n) is 3.57. The summed E-state index contributed by atoms with van der Waals surface area (Å²) in [6.45, 7) is 9.66. The molecular weight excluding hydrogens is 410 g/mol. The molecule has 158 valence electrons. The van der Waals surface area contributed by atoms with E-state index in [1.807, 2.05) is 34.6 Å². The summed E-state index contributed by atoms with van der Waals surface area (Å²) in [6.07, 6.45) is 3.74. The molecule has 2 aromatic heterocycles. The number of halogens is 1. The Bertz CT molecular complexity index is 932. The third kappa shape index (κ3) is 4.67. The molecule has 2 heterocycles. The van der Waals surface area contributed by atoms with E-state index in [0.29, 0.717) is 22.1 Å². The Labute approximate surface area is 180 Å². The van der Waals surface area contributed by atoms with Gasteiger partial charge >= 0.3 is 5.97 Å². The molecule has 6 nitrogen and oxygen atoms in total. The van der Waals surface area contributed by atoms with Crippen LogP contribution in [0, 0.1) is 19.8 Å². The smallest absolute Gasteiger partial charge is 0.341 e. The summed E-state index contributed by atoms with van der Waals surface area (Å²) in [6, 6.07) is 0. The van der Waals surface area contributed by atoms with Crippen molar-refractivity contribution >= 4 is 39.8 Å². The Morgan fingerprint density at radius 1 is 1.24 bits per heavy atom. The number of ether oxygens (including phenoxy) is 1. The van der Waals surface area contributed by atoms with Crippen LogP contribution < -0.4 is 5.32 Å². The molecule has 0 spiro atoms. The highest BCUT2D eigenvalue weighted by atomic mass is 35.5. The maximum atomic E-state index is 12.9. The molecule has 29 heavy (non-hydrogen) atoms. The molecule has 0 aromatic carbocycles. The highest BCUT2D eigenvalue weighted by Gasteiger charge is 2.29. The van der Waals surface area contributed by atoms with Crippen LogP contribution in [0.3, 0.4) is 0 Å². The molecule has 0 aliphatic heterocycles. The molecule has 0 fully saturated rings. The monoisotopic (exact) mass is 437 g/mol. The van der Waals surface area contributed by atoms with E-state index in [4.69, 9.17) is 16.3 Å². The Kier molecular flexibility index (Phi) is 6.69. The first-order valence-electron chi connectivity index (χ1n) is 10.0. The van der Waals surface area contributed by atoms with Gasteiger partial charge in [-0.2, -0.15) is 5.10 Å². The fraction of sp³-hybridized carbons (Fsp3) is 0.571. The quantitative estimate of drug-likeness (QED) is 0.650. The summed E-state index contributed by atoms with van der Waals surface area (Å²) in [4.78, 5) is 26.8. The number of carbonyl (C=O) groups excluding carboxylic acids is 2. The van der Waals surface area contributed by atoms with E-state index in [2.05, 4.69) is 10.4 Å². The first kappa shape index (κ1) is 21.8. The molecule has 1 amide bonds. The summed E-state index contributed by atoms with van der Waals surface area (Å²) in [5.41, 5.74) is 3.17. The van der Waals surface area contributed by atoms with Gasteiger partial charge in [-0.3, -0.25) is 9.48 Å². The lowest BCUT2D eigenvalue weighted by atomic mass is 9.95. The molecule has 8 heteroatoms. The second kappa shape index (κ2) is 8.88. The predicted molar refractivity (Wildman–Crippen MR) is 116 cm³/mol. The highest BCUT2D eigenvalue weighted by molar-refractivity contribution is 7.17. The molecule has 1 atom stereocenters. The van der Waals surface area contributed by atoms with Crippen molar-refractivity contribution in [3.8, 4) is 0 Å². The third-order valence-electron chi connectivity index (χ3n) is 5.14. The standard InChI is InChI=1S/C21H28ClN3O3S/c1-11(2)28-21(27)17-15-8-6-7-9-16(15)29-20(17)23-19(26)12(3)10-25-14(5)18(22)13(4)24-25/h11-12H,6-10H2,1-5H3,(H,23,26). The summed E-state index contributed by atoms with van der Waals surface area (Å²) >= 11 is 7.72. The number of aryl methyl sites for hydroxylation is 2. The number of rotatable bonds is 6. The summed E-state index contributed by atoms with van der Waals surface area (Å²) < 4.78 is 7.22. The molecular formula is C21H28ClN3O3S. The van der Waals surface area contributed by atoms with Crippen molar-refractivity contribution < 1.29 is 14.3 Å². The van der Waals surface area contributed by atoms with Gasteiger partial charge in [0.25, 0.3) is 0 Å². The van der Waals surface area contributed by atoms with Crippen LogP contribution in [-0.4, -0.2) is 27.8 Å². The van der Waals surface area contributed by atoms with E-state index in [1.54, 1.807) is 4.68 Å². The molecule has 0 radical (unpaired) electrons. The van der Waals surface area contributed by atoms with Gasteiger partial charge in [-0.1, -0.05) is 18.5 Å². The topological polar surface area (TPSA) is 73.2 Å². The fourth-order valence-corrected chi connectivity index (χ4v) is 4.99. The number of carbonyl (C=O) groups is 2. The van der Waals surface area contributed by atoms with Gasteiger partial charge in [0.2, 0.25) is 5.91 Å². The molecule has 0 bridgehead atoms. The van der Waals surface area contributed by atoms with Crippen molar-refractivity contribution in [2.45, 2.75) is 73.0 Å². The zero-order valence-corrected chi connectivity index (χ0v) is 19.2. The number of nitrogens with one attached hydrogen (secondary N) is 1. The maximum absolute atomic E-state index is 12.9. The van der Waals surface area contributed by atoms with Gasteiger partial charge in [0.05, 0.1) is 40.5 Å². The molecule has 2 aromatic rings. The van der Waals surface area contributed by atoms with Crippen molar-refractivity contribution in [1.29, 1.82) is 0 Å². The van der Waals surface area contributed by atoms with E-state index in [-0.39, 0.29) is 23.9 Å². The highest BCUT2D eigenvalue weighted by Crippen LogP contribution is 2.39. The number of amides is 1. The average Bonchev–Trinajstić information content (AvgIpc) is 3.13. The van der Waals surface area contributed by atoms with E-state index in [9.17, 15) is 9.59 Å². The molecule has 1 unspecified atom stereocenters. The van der Waals surface area contributed by atoms with Crippen LogP contribution in [0.1, 0.15) is 65.8 Å². The second-order valence-electron chi connectivity index (χ2n) is 7.93. The lowest BCUT2D eigenvalue weighted by molar-refractivity contribution is -0.119. The summed E-state index contributed by atoms with van der Waals surface area (Å²) in [7, 11) is 0. The normalized spacial score (nSPS) is 14.6. The van der Waals surface area contributed by atoms with Gasteiger partial charge in [0, 0.05) is 4.88 Å². The van der Waals surface area contributed by atoms with Crippen molar-refractivity contribution in [1.82, 2.24) is 9.78 Å². The minimum atomic E-state index is -0.354. The maximum Gasteiger partial charge on any atom is 0.341 e. The minimum absolute atomic E-state index is 0.147. The van der Waals surface area contributed by atoms with Crippen LogP contribution in [0.5, 0.6) is 0 Å². The lowest BCUT2D eigenvalue weighted by Crippen LogP contribution is -2.26. The Morgan fingerprint density at radius 3 is 2.55 bits per heavy atom. The van der Waals surface area contributed by atoms with E-state index in [0.717, 1.165) is 42.6 Å². The Morgan fingerprint density at radius 2 is 1.93 bits per heavy atom. The van der Waals surface area contributed by atoms with Crippen LogP contribution in [0.15, 0.2) is 0 Å². The molecule has 1 N–H and O–H groups in total. The first-order valence-corrected chi connectivity index (χ1v) is 11.2. The van der Waals surface area contributed by atoms with E-state index >= 15 is 0 Å². The molecule has 0 saturated heterocycles. The summed E-state index contributed by atoms with van der Waals surface area (Å²) in [5.74, 6) is -0.837. The third-order valence-corrected chi connectivity index (χ3v) is 6.90. The number of aromatic nitrogens is 2. The zero-order chi connectivity index (χ0) is 21.3. The number of esters is 1. The zero-order valence-electron chi connectivity index (χ0n) is 17.6. The SMILES string of the molecule is Cc1nn(CC(C)C(=O)Nc2sc3c(c2C(=O)OC(C)C)CCCC3)c(C)c1Cl. The van der Waals surface area contributed by atoms with Crippen LogP contribution in [-0.2, 0) is 28.9 Å². The Hall–Kier alpha value is -1.86. The number of nitrogens with zero attached hydrogens (tertiary/aromatic N) is 2. The number of hydrogen-bond acceptors (Lipinski definition) is 5. The van der Waals surface area contributed by atoms with E-state index in [1.165, 1.54) is 16.2 Å². The molecule has 3 rings (SSSR count). The van der Waals surface area contributed by atoms with Crippen LogP contribution in [0.25, 0.3) is 0 Å². The van der Waals surface area contributed by atoms with Gasteiger partial charge in [-0.25, -0.2) is 4.79 Å². The van der Waals surface area contributed by atoms with Crippen molar-refractivity contribution in [2.75, 3.05) is 5.32 Å². The summed E-state index contributed by atoms with van der Waals surface area (Å²) in [5, 5.41) is 8.62.